The number of nitrogens with one attached hydrogen (secondary N) is 9. The summed E-state index contributed by atoms with van der Waals surface area (Å²) in [6.45, 7) is -1.85. The van der Waals surface area contributed by atoms with Gasteiger partial charge < -0.3 is 89.7 Å². The average molecular weight is 1040 g/mol. The largest absolute Gasteiger partial charge is 0.481 e. The fourth-order valence-electron chi connectivity index (χ4n) is 7.22. The van der Waals surface area contributed by atoms with Crippen molar-refractivity contribution in [3.8, 4) is 0 Å². The second-order valence-corrected chi connectivity index (χ2v) is 16.9. The Balaban J connectivity index is 1.69. The SMILES string of the molecule is NCCCC[C@H](NC(=O)[C@H](CO)NC(=O)[C@H](CS)NC(=O)[C@H](CO)NC(=O)[C@@H]1CCCN1C(=O)[C@H](Cc1c[nH]cn1)NC(=O)[C@@H](N)CC(=O)O)C(=O)N[C@@H](CCC(N)=O)C(=O)N[C@@H](Cc1c[nH]cn1)C(=O)O. The molecule has 3 rings (SSSR count). The number of nitrogens with zero attached hydrogens (tertiary/aromatic N) is 3. The maximum atomic E-state index is 13.9. The normalized spacial score (nSPS) is 16.5. The van der Waals surface area contributed by atoms with Crippen LogP contribution in [0.4, 0.5) is 0 Å². The maximum absolute atomic E-state index is 13.9. The predicted molar refractivity (Wildman–Crippen MR) is 250 cm³/mol. The molecule has 398 valence electrons. The van der Waals surface area contributed by atoms with Gasteiger partial charge in [-0.25, -0.2) is 14.8 Å². The van der Waals surface area contributed by atoms with Crippen LogP contribution in [0.3, 0.4) is 0 Å². The number of hydrogen-bond acceptors (Lipinski definition) is 18. The van der Waals surface area contributed by atoms with Crippen molar-refractivity contribution in [1.82, 2.24) is 62.1 Å². The van der Waals surface area contributed by atoms with Crippen LogP contribution in [0.15, 0.2) is 25.0 Å². The van der Waals surface area contributed by atoms with Gasteiger partial charge in [-0.3, -0.25) is 47.9 Å². The third-order valence-electron chi connectivity index (χ3n) is 11.1. The molecule has 30 nitrogen and oxygen atoms in total. The van der Waals surface area contributed by atoms with Gasteiger partial charge in [-0.1, -0.05) is 0 Å². The molecule has 1 aliphatic rings. The number of aliphatic carboxylic acids is 2. The number of thiol groups is 1. The zero-order valence-electron chi connectivity index (χ0n) is 38.9. The van der Waals surface area contributed by atoms with E-state index < -0.39 is 151 Å². The molecular weight excluding hydrogens is 975 g/mol. The third-order valence-corrected chi connectivity index (χ3v) is 11.4. The topological polar surface area (TPSA) is 492 Å². The van der Waals surface area contributed by atoms with Gasteiger partial charge in [0.05, 0.1) is 49.7 Å². The molecule has 3 heterocycles. The summed E-state index contributed by atoms with van der Waals surface area (Å²) in [5.74, 6) is -12.0. The van der Waals surface area contributed by atoms with E-state index in [1.807, 2.05) is 0 Å². The molecule has 9 atom stereocenters. The molecule has 0 aliphatic carbocycles. The van der Waals surface area contributed by atoms with Gasteiger partial charge in [0.25, 0.3) is 0 Å². The van der Waals surface area contributed by atoms with Crippen molar-refractivity contribution in [1.29, 1.82) is 0 Å². The maximum Gasteiger partial charge on any atom is 0.326 e. The van der Waals surface area contributed by atoms with Crippen molar-refractivity contribution in [2.24, 2.45) is 17.2 Å². The first kappa shape index (κ1) is 59.1. The lowest BCUT2D eigenvalue weighted by Crippen LogP contribution is -2.61. The molecule has 72 heavy (non-hydrogen) atoms. The number of aliphatic hydroxyl groups is 2. The molecule has 31 heteroatoms. The number of amides is 9. The second kappa shape index (κ2) is 29.8. The minimum Gasteiger partial charge on any atom is -0.481 e. The van der Waals surface area contributed by atoms with E-state index >= 15 is 0 Å². The number of rotatable bonds is 32. The van der Waals surface area contributed by atoms with Crippen molar-refractivity contribution in [3.63, 3.8) is 0 Å². The molecule has 2 aromatic rings. The van der Waals surface area contributed by atoms with Gasteiger partial charge in [0.2, 0.25) is 53.2 Å². The molecule has 9 amide bonds. The Morgan fingerprint density at radius 1 is 0.681 bits per heavy atom. The number of carbonyl (C=O) groups excluding carboxylic acids is 9. The number of primary amides is 1. The summed E-state index contributed by atoms with van der Waals surface area (Å²) in [7, 11) is 0. The lowest BCUT2D eigenvalue weighted by atomic mass is 10.0. The van der Waals surface area contributed by atoms with E-state index in [4.69, 9.17) is 22.3 Å². The van der Waals surface area contributed by atoms with Crippen LogP contribution in [0.5, 0.6) is 0 Å². The standard InChI is InChI=1S/C41H63N15O15S/c42-8-2-1-4-23(34(63)50-24(6-7-31(44)59)35(64)52-26(41(70)71)11-21-14-46-19-48-21)49-36(65)27(15-57)53-38(67)29(17-72)55-37(66)28(16-58)54-39(68)30-5-3-9-56(30)40(69)25(10-20-13-45-18-47-20)51-33(62)22(43)12-32(60)61/h13-14,18-19,22-30,57-58,72H,1-12,15-17,42-43H2,(H2,44,59)(H,45,47)(H,46,48)(H,49,65)(H,50,63)(H,51,62)(H,52,64)(H,53,67)(H,54,68)(H,55,66)(H,60,61)(H,70,71)/t22-,23-,24-,25-,26-,27-,28-,29-,30-/m0/s1. The van der Waals surface area contributed by atoms with Crippen LogP contribution in [0.25, 0.3) is 0 Å². The van der Waals surface area contributed by atoms with Crippen LogP contribution in [0.1, 0.15) is 62.8 Å². The fraction of sp³-hybridized carbons (Fsp3) is 0.585. The number of imidazole rings is 2. The monoisotopic (exact) mass is 1040 g/mol. The number of carboxylic acid groups (broad SMARTS) is 2. The van der Waals surface area contributed by atoms with Gasteiger partial charge in [-0.2, -0.15) is 12.6 Å². The Hall–Kier alpha value is -7.22. The summed E-state index contributed by atoms with van der Waals surface area (Å²) in [6, 6.07) is -13.7. The number of aliphatic hydroxyl groups excluding tert-OH is 2. The zero-order chi connectivity index (χ0) is 53.5. The highest BCUT2D eigenvalue weighted by Gasteiger charge is 2.40. The fourth-order valence-corrected chi connectivity index (χ4v) is 7.47. The Kier molecular flexibility index (Phi) is 24.5. The third kappa shape index (κ3) is 18.8. The quantitative estimate of drug-likeness (QED) is 0.0239. The highest BCUT2D eigenvalue weighted by atomic mass is 32.1. The van der Waals surface area contributed by atoms with E-state index in [0.29, 0.717) is 24.2 Å². The second-order valence-electron chi connectivity index (χ2n) is 16.5. The minimum atomic E-state index is -1.78. The summed E-state index contributed by atoms with van der Waals surface area (Å²) < 4.78 is 0. The van der Waals surface area contributed by atoms with Crippen LogP contribution in [-0.2, 0) is 65.6 Å². The highest BCUT2D eigenvalue weighted by Crippen LogP contribution is 2.20. The summed E-state index contributed by atoms with van der Waals surface area (Å²) in [5.41, 5.74) is 17.2. The number of aromatic amines is 2. The number of H-pyrrole nitrogens is 2. The van der Waals surface area contributed by atoms with E-state index in [1.165, 1.54) is 25.0 Å². The first-order valence-corrected chi connectivity index (χ1v) is 23.3. The summed E-state index contributed by atoms with van der Waals surface area (Å²) in [5, 5.41) is 55.5. The van der Waals surface area contributed by atoms with E-state index in [1.54, 1.807) is 0 Å². The van der Waals surface area contributed by atoms with Crippen LogP contribution < -0.4 is 54.4 Å². The number of carboxylic acids is 2. The molecule has 0 radical (unpaired) electrons. The molecular formula is C41H63N15O15S. The van der Waals surface area contributed by atoms with Gasteiger partial charge in [0.15, 0.2) is 0 Å². The number of carbonyl (C=O) groups is 11. The smallest absolute Gasteiger partial charge is 0.326 e. The Bertz CT molecular complexity index is 2180. The van der Waals surface area contributed by atoms with Crippen molar-refractivity contribution in [2.45, 2.75) is 119 Å². The number of aromatic nitrogens is 4. The van der Waals surface area contributed by atoms with Crippen molar-refractivity contribution >= 4 is 77.7 Å². The van der Waals surface area contributed by atoms with E-state index in [0.717, 1.165) is 4.90 Å². The van der Waals surface area contributed by atoms with Gasteiger partial charge in [-0.05, 0) is 45.1 Å². The van der Waals surface area contributed by atoms with Crippen molar-refractivity contribution in [3.05, 3.63) is 36.4 Å². The summed E-state index contributed by atoms with van der Waals surface area (Å²) in [6.07, 6.45) is 4.45. The molecule has 0 saturated carbocycles. The first-order valence-electron chi connectivity index (χ1n) is 22.6. The van der Waals surface area contributed by atoms with Crippen molar-refractivity contribution in [2.75, 3.05) is 32.1 Å². The van der Waals surface area contributed by atoms with E-state index in [2.05, 4.69) is 69.8 Å². The number of likely N-dealkylation sites (tertiary alicyclic amines) is 1. The molecule has 1 aliphatic heterocycles. The first-order chi connectivity index (χ1) is 34.2. The Labute approximate surface area is 416 Å². The molecule has 19 N–H and O–H groups in total. The van der Waals surface area contributed by atoms with Crippen molar-refractivity contribution < 1.29 is 73.2 Å². The number of hydrogen-bond donors (Lipinski definition) is 17. The van der Waals surface area contributed by atoms with Gasteiger partial charge in [-0.15, -0.1) is 0 Å². The molecule has 0 spiro atoms. The Morgan fingerprint density at radius 2 is 1.17 bits per heavy atom. The molecule has 1 fully saturated rings. The molecule has 1 saturated heterocycles. The predicted octanol–water partition coefficient (Wildman–Crippen LogP) is -7.50. The molecule has 2 aromatic heterocycles. The summed E-state index contributed by atoms with van der Waals surface area (Å²) >= 11 is 4.10. The van der Waals surface area contributed by atoms with Crippen LogP contribution in [0, 0.1) is 0 Å². The van der Waals surface area contributed by atoms with Gasteiger partial charge in [0.1, 0.15) is 48.3 Å². The summed E-state index contributed by atoms with van der Waals surface area (Å²) in [4.78, 5) is 157. The Morgan fingerprint density at radius 3 is 1.67 bits per heavy atom. The molecule has 0 aromatic carbocycles. The van der Waals surface area contributed by atoms with E-state index in [9.17, 15) is 68.1 Å². The zero-order valence-corrected chi connectivity index (χ0v) is 39.8. The molecule has 0 unspecified atom stereocenters. The highest BCUT2D eigenvalue weighted by molar-refractivity contribution is 7.80. The average Bonchev–Trinajstić information content (AvgIpc) is 4.16. The van der Waals surface area contributed by atoms with Gasteiger partial charge >= 0.3 is 11.9 Å². The van der Waals surface area contributed by atoms with Gasteiger partial charge in [0, 0.05) is 44.0 Å². The van der Waals surface area contributed by atoms with Crippen LogP contribution in [-0.4, -0.2) is 197 Å². The number of nitrogens with two attached hydrogens (primary N) is 3. The van der Waals surface area contributed by atoms with Crippen LogP contribution >= 0.6 is 12.6 Å². The lowest BCUT2D eigenvalue weighted by molar-refractivity contribution is -0.143. The minimum absolute atomic E-state index is 0.0268. The molecule has 0 bridgehead atoms. The lowest BCUT2D eigenvalue weighted by Gasteiger charge is -2.30. The van der Waals surface area contributed by atoms with E-state index in [-0.39, 0.29) is 51.6 Å². The number of unbranched alkanes of at least 4 members (excludes halogenated alkanes) is 1. The van der Waals surface area contributed by atoms with Crippen LogP contribution in [0.2, 0.25) is 0 Å².